The van der Waals surface area contributed by atoms with Gasteiger partial charge in [0.2, 0.25) is 6.10 Å². The van der Waals surface area contributed by atoms with E-state index < -0.39 is 6.10 Å². The quantitative estimate of drug-likeness (QED) is 0.863. The molecule has 120 valence electrons. The summed E-state index contributed by atoms with van der Waals surface area (Å²) >= 11 is 0. The molecule has 0 aliphatic carbocycles. The molecular formula is C16H17FN4O2. The zero-order valence-corrected chi connectivity index (χ0v) is 12.9. The molecule has 1 aliphatic heterocycles. The summed E-state index contributed by atoms with van der Waals surface area (Å²) in [5.41, 5.74) is 2.34. The van der Waals surface area contributed by atoms with Crippen molar-refractivity contribution in [1.82, 2.24) is 14.7 Å². The Labute approximate surface area is 133 Å². The summed E-state index contributed by atoms with van der Waals surface area (Å²) < 4.78 is 14.7. The van der Waals surface area contributed by atoms with Crippen molar-refractivity contribution in [3.63, 3.8) is 0 Å². The molecule has 1 aliphatic rings. The highest BCUT2D eigenvalue weighted by atomic mass is 19.1. The Kier molecular flexibility index (Phi) is 4.10. The Morgan fingerprint density at radius 1 is 1.39 bits per heavy atom. The number of hydrogen-bond acceptors (Lipinski definition) is 4. The molecule has 1 aromatic heterocycles. The van der Waals surface area contributed by atoms with E-state index in [4.69, 9.17) is 4.84 Å². The fourth-order valence-electron chi connectivity index (χ4n) is 2.45. The Morgan fingerprint density at radius 3 is 2.78 bits per heavy atom. The summed E-state index contributed by atoms with van der Waals surface area (Å²) in [5, 5.41) is 8.04. The number of nitrogens with zero attached hydrogens (tertiary/aromatic N) is 4. The smallest absolute Gasteiger partial charge is 0.267 e. The molecule has 2 aromatic rings. The number of oxime groups is 1. The highest BCUT2D eigenvalue weighted by molar-refractivity contribution is 6.04. The molecule has 0 spiro atoms. The van der Waals surface area contributed by atoms with Crippen molar-refractivity contribution in [2.45, 2.75) is 19.1 Å². The number of aryl methyl sites for hydroxylation is 1. The van der Waals surface area contributed by atoms with Crippen molar-refractivity contribution >= 4 is 11.6 Å². The molecule has 0 saturated carbocycles. The van der Waals surface area contributed by atoms with Crippen molar-refractivity contribution in [1.29, 1.82) is 0 Å². The number of benzene rings is 1. The maximum atomic E-state index is 13.0. The van der Waals surface area contributed by atoms with Gasteiger partial charge in [0.1, 0.15) is 5.82 Å². The standard InChI is InChI=1S/C16H17FN4O2/c1-20(10-13-7-8-18-21(13)2)16(22)15-9-14(19-23-15)11-3-5-12(17)6-4-11/h3-8,15H,9-10H2,1-2H3/t15-/m0/s1. The Hall–Kier alpha value is -2.70. The van der Waals surface area contributed by atoms with E-state index in [9.17, 15) is 9.18 Å². The second-order valence-corrected chi connectivity index (χ2v) is 5.48. The Balaban J connectivity index is 1.62. The van der Waals surface area contributed by atoms with Crippen LogP contribution in [-0.4, -0.2) is 39.5 Å². The Morgan fingerprint density at radius 2 is 2.13 bits per heavy atom. The second-order valence-electron chi connectivity index (χ2n) is 5.48. The monoisotopic (exact) mass is 316 g/mol. The van der Waals surface area contributed by atoms with Gasteiger partial charge < -0.3 is 9.74 Å². The zero-order valence-electron chi connectivity index (χ0n) is 12.9. The molecule has 1 aromatic carbocycles. The van der Waals surface area contributed by atoms with Crippen LogP contribution in [-0.2, 0) is 23.2 Å². The summed E-state index contributed by atoms with van der Waals surface area (Å²) in [6.07, 6.45) is 1.42. The lowest BCUT2D eigenvalue weighted by Crippen LogP contribution is -2.36. The number of rotatable bonds is 4. The number of amides is 1. The maximum Gasteiger partial charge on any atom is 0.267 e. The zero-order chi connectivity index (χ0) is 16.4. The molecule has 23 heavy (non-hydrogen) atoms. The van der Waals surface area contributed by atoms with E-state index in [1.165, 1.54) is 12.1 Å². The first kappa shape index (κ1) is 15.2. The van der Waals surface area contributed by atoms with Crippen molar-refractivity contribution in [2.24, 2.45) is 12.2 Å². The predicted molar refractivity (Wildman–Crippen MR) is 82.1 cm³/mol. The van der Waals surface area contributed by atoms with Crippen LogP contribution in [0.3, 0.4) is 0 Å². The van der Waals surface area contributed by atoms with Crippen LogP contribution in [0.5, 0.6) is 0 Å². The predicted octanol–water partition coefficient (Wildman–Crippen LogP) is 1.71. The van der Waals surface area contributed by atoms with Gasteiger partial charge in [0, 0.05) is 26.7 Å². The second kappa shape index (κ2) is 6.20. The molecule has 1 amide bonds. The topological polar surface area (TPSA) is 59.7 Å². The molecule has 1 atom stereocenters. The minimum atomic E-state index is -0.645. The molecule has 0 radical (unpaired) electrons. The van der Waals surface area contributed by atoms with Gasteiger partial charge in [0.25, 0.3) is 5.91 Å². The van der Waals surface area contributed by atoms with Crippen LogP contribution in [0.25, 0.3) is 0 Å². The van der Waals surface area contributed by atoms with E-state index in [-0.39, 0.29) is 11.7 Å². The highest BCUT2D eigenvalue weighted by Gasteiger charge is 2.31. The third kappa shape index (κ3) is 3.23. The highest BCUT2D eigenvalue weighted by Crippen LogP contribution is 2.19. The lowest BCUT2D eigenvalue weighted by Gasteiger charge is -2.19. The van der Waals surface area contributed by atoms with Crippen LogP contribution in [0.1, 0.15) is 17.7 Å². The number of likely N-dealkylation sites (N-methyl/N-ethyl adjacent to an activating group) is 1. The average molecular weight is 316 g/mol. The minimum absolute atomic E-state index is 0.146. The molecule has 6 nitrogen and oxygen atoms in total. The van der Waals surface area contributed by atoms with Crippen LogP contribution in [0, 0.1) is 5.82 Å². The van der Waals surface area contributed by atoms with Gasteiger partial charge in [0.15, 0.2) is 0 Å². The molecule has 0 unspecified atom stereocenters. The van der Waals surface area contributed by atoms with Gasteiger partial charge in [-0.05, 0) is 23.8 Å². The van der Waals surface area contributed by atoms with Crippen LogP contribution in [0.15, 0.2) is 41.7 Å². The van der Waals surface area contributed by atoms with Gasteiger partial charge in [-0.3, -0.25) is 9.48 Å². The van der Waals surface area contributed by atoms with Crippen molar-refractivity contribution in [3.8, 4) is 0 Å². The fraction of sp³-hybridized carbons (Fsp3) is 0.312. The molecule has 0 saturated heterocycles. The van der Waals surface area contributed by atoms with E-state index >= 15 is 0 Å². The van der Waals surface area contributed by atoms with Gasteiger partial charge in [-0.25, -0.2) is 4.39 Å². The largest absolute Gasteiger partial charge is 0.382 e. The number of hydrogen-bond donors (Lipinski definition) is 0. The van der Waals surface area contributed by atoms with Crippen LogP contribution < -0.4 is 0 Å². The van der Waals surface area contributed by atoms with Crippen molar-refractivity contribution < 1.29 is 14.0 Å². The Bertz CT molecular complexity index is 739. The number of halogens is 1. The molecule has 0 N–H and O–H groups in total. The van der Waals surface area contributed by atoms with Gasteiger partial charge >= 0.3 is 0 Å². The molecule has 0 fully saturated rings. The molecule has 2 heterocycles. The maximum absolute atomic E-state index is 13.0. The van der Waals surface area contributed by atoms with E-state index in [0.717, 1.165) is 11.3 Å². The molecule has 0 bridgehead atoms. The SMILES string of the molecule is CN(Cc1ccnn1C)C(=O)[C@@H]1CC(c2ccc(F)cc2)=NO1. The third-order valence-electron chi connectivity index (χ3n) is 3.82. The van der Waals surface area contributed by atoms with Gasteiger partial charge in [-0.2, -0.15) is 5.10 Å². The van der Waals surface area contributed by atoms with Gasteiger partial charge in [0.05, 0.1) is 18.0 Å². The summed E-state index contributed by atoms with van der Waals surface area (Å²) in [6, 6.07) is 7.84. The van der Waals surface area contributed by atoms with E-state index in [1.54, 1.807) is 35.0 Å². The normalized spacial score (nSPS) is 16.8. The van der Waals surface area contributed by atoms with Crippen molar-refractivity contribution in [2.75, 3.05) is 7.05 Å². The van der Waals surface area contributed by atoms with Crippen LogP contribution >= 0.6 is 0 Å². The molecular weight excluding hydrogens is 299 g/mol. The number of carbonyl (C=O) groups is 1. The van der Waals surface area contributed by atoms with Gasteiger partial charge in [-0.1, -0.05) is 17.3 Å². The summed E-state index contributed by atoms with van der Waals surface area (Å²) in [5.74, 6) is -0.455. The fourth-order valence-corrected chi connectivity index (χ4v) is 2.45. The molecule has 7 heteroatoms. The van der Waals surface area contributed by atoms with Crippen LogP contribution in [0.2, 0.25) is 0 Å². The summed E-state index contributed by atoms with van der Waals surface area (Å²) in [7, 11) is 3.55. The van der Waals surface area contributed by atoms with E-state index in [2.05, 4.69) is 10.3 Å². The van der Waals surface area contributed by atoms with Gasteiger partial charge in [-0.15, -0.1) is 0 Å². The lowest BCUT2D eigenvalue weighted by molar-refractivity contribution is -0.141. The first-order valence-corrected chi connectivity index (χ1v) is 7.25. The summed E-state index contributed by atoms with van der Waals surface area (Å²) in [4.78, 5) is 19.3. The van der Waals surface area contributed by atoms with E-state index in [0.29, 0.717) is 18.7 Å². The average Bonchev–Trinajstić information content (AvgIpc) is 3.17. The first-order valence-electron chi connectivity index (χ1n) is 7.25. The van der Waals surface area contributed by atoms with Crippen LogP contribution in [0.4, 0.5) is 4.39 Å². The summed E-state index contributed by atoms with van der Waals surface area (Å²) in [6.45, 7) is 0.446. The lowest BCUT2D eigenvalue weighted by atomic mass is 10.0. The third-order valence-corrected chi connectivity index (χ3v) is 3.82. The first-order chi connectivity index (χ1) is 11.0. The minimum Gasteiger partial charge on any atom is -0.382 e. The number of aromatic nitrogens is 2. The number of carbonyl (C=O) groups excluding carboxylic acids is 1. The van der Waals surface area contributed by atoms with E-state index in [1.807, 2.05) is 13.1 Å². The molecule has 3 rings (SSSR count). The van der Waals surface area contributed by atoms with Crippen molar-refractivity contribution in [3.05, 3.63) is 53.6 Å².